The summed E-state index contributed by atoms with van der Waals surface area (Å²) in [6.45, 7) is 1.24. The molecule has 19 heavy (non-hydrogen) atoms. The second-order valence-corrected chi connectivity index (χ2v) is 3.99. The quantitative estimate of drug-likeness (QED) is 0.621. The fraction of sp³-hybridized carbons (Fsp3) is 0.364. The first-order valence-corrected chi connectivity index (χ1v) is 5.64. The second kappa shape index (κ2) is 5.72. The predicted octanol–water partition coefficient (Wildman–Crippen LogP) is 0.661. The number of carbonyl (C=O) groups excluding carboxylic acids is 1. The van der Waals surface area contributed by atoms with E-state index >= 15 is 0 Å². The molecule has 0 aliphatic carbocycles. The molecule has 2 N–H and O–H groups in total. The van der Waals surface area contributed by atoms with Crippen LogP contribution in [0.25, 0.3) is 0 Å². The number of halogens is 1. The molecular weight excluding hydrogens is 257 g/mol. The minimum Gasteiger partial charge on any atom is -0.378 e. The van der Waals surface area contributed by atoms with Crippen molar-refractivity contribution in [3.63, 3.8) is 0 Å². The Hall–Kier alpha value is -2.06. The zero-order chi connectivity index (χ0) is 13.8. The van der Waals surface area contributed by atoms with Crippen molar-refractivity contribution in [2.75, 3.05) is 25.1 Å². The Morgan fingerprint density at radius 1 is 1.58 bits per heavy atom. The number of nitrogens with zero attached hydrogens (tertiary/aromatic N) is 1. The van der Waals surface area contributed by atoms with Crippen LogP contribution in [0.4, 0.5) is 15.8 Å². The van der Waals surface area contributed by atoms with Gasteiger partial charge in [0.05, 0.1) is 24.2 Å². The number of nitro groups is 1. The molecule has 1 aliphatic rings. The molecule has 1 aromatic carbocycles. The Labute approximate surface area is 107 Å². The lowest BCUT2D eigenvalue weighted by molar-refractivity contribution is -0.384. The number of hydrogen-bond donors (Lipinski definition) is 2. The molecule has 2 rings (SSSR count). The monoisotopic (exact) mass is 269 g/mol. The molecule has 1 atom stereocenters. The molecule has 1 amide bonds. The molecular formula is C11H12FN3O4. The number of morpholine rings is 1. The summed E-state index contributed by atoms with van der Waals surface area (Å²) in [5, 5.41) is 16.1. The average molecular weight is 269 g/mol. The van der Waals surface area contributed by atoms with Crippen molar-refractivity contribution in [2.45, 2.75) is 6.04 Å². The summed E-state index contributed by atoms with van der Waals surface area (Å²) >= 11 is 0. The maximum atomic E-state index is 13.0. The Balaban J connectivity index is 2.13. The molecule has 102 valence electrons. The number of rotatable bonds is 3. The van der Waals surface area contributed by atoms with Crippen LogP contribution in [0.15, 0.2) is 18.2 Å². The fourth-order valence-electron chi connectivity index (χ4n) is 1.72. The van der Waals surface area contributed by atoms with Crippen LogP contribution in [0.2, 0.25) is 0 Å². The molecule has 0 aromatic heterocycles. The summed E-state index contributed by atoms with van der Waals surface area (Å²) in [4.78, 5) is 21.9. The van der Waals surface area contributed by atoms with E-state index in [-0.39, 0.29) is 12.3 Å². The summed E-state index contributed by atoms with van der Waals surface area (Å²) < 4.78 is 18.1. The van der Waals surface area contributed by atoms with Crippen molar-refractivity contribution >= 4 is 17.3 Å². The van der Waals surface area contributed by atoms with Crippen molar-refractivity contribution < 1.29 is 18.8 Å². The van der Waals surface area contributed by atoms with Gasteiger partial charge in [0, 0.05) is 6.54 Å². The molecule has 0 saturated carbocycles. The van der Waals surface area contributed by atoms with Crippen molar-refractivity contribution in [3.05, 3.63) is 34.1 Å². The average Bonchev–Trinajstić information content (AvgIpc) is 2.41. The summed E-state index contributed by atoms with van der Waals surface area (Å²) in [5.74, 6) is -1.18. The summed E-state index contributed by atoms with van der Waals surface area (Å²) in [6.07, 6.45) is 0. The third kappa shape index (κ3) is 3.24. The van der Waals surface area contributed by atoms with E-state index in [2.05, 4.69) is 10.6 Å². The molecule has 1 unspecified atom stereocenters. The van der Waals surface area contributed by atoms with Crippen LogP contribution < -0.4 is 10.6 Å². The Morgan fingerprint density at radius 2 is 2.37 bits per heavy atom. The molecule has 1 saturated heterocycles. The largest absolute Gasteiger partial charge is 0.378 e. The predicted molar refractivity (Wildman–Crippen MR) is 64.3 cm³/mol. The first kappa shape index (κ1) is 13.4. The van der Waals surface area contributed by atoms with E-state index in [1.54, 1.807) is 0 Å². The number of nitrogens with one attached hydrogen (secondary N) is 2. The van der Waals surface area contributed by atoms with Gasteiger partial charge < -0.3 is 15.4 Å². The van der Waals surface area contributed by atoms with Gasteiger partial charge in [0.25, 0.3) is 5.69 Å². The van der Waals surface area contributed by atoms with Gasteiger partial charge in [0.2, 0.25) is 5.91 Å². The molecule has 0 bridgehead atoms. The van der Waals surface area contributed by atoms with Gasteiger partial charge in [-0.25, -0.2) is 4.39 Å². The molecule has 1 fully saturated rings. The van der Waals surface area contributed by atoms with Crippen molar-refractivity contribution in [1.29, 1.82) is 0 Å². The number of amides is 1. The van der Waals surface area contributed by atoms with Crippen LogP contribution in [-0.2, 0) is 9.53 Å². The standard InChI is InChI=1S/C11H12FN3O4/c12-7-1-2-8(10(5-7)15(17)18)14-11(16)9-6-19-4-3-13-9/h1-2,5,9,13H,3-4,6H2,(H,14,16). The van der Waals surface area contributed by atoms with Gasteiger partial charge in [-0.15, -0.1) is 0 Å². The number of ether oxygens (including phenoxy) is 1. The zero-order valence-corrected chi connectivity index (χ0v) is 9.89. The van der Waals surface area contributed by atoms with Crippen molar-refractivity contribution in [1.82, 2.24) is 5.32 Å². The van der Waals surface area contributed by atoms with Crippen LogP contribution in [0.5, 0.6) is 0 Å². The third-order valence-electron chi connectivity index (χ3n) is 2.65. The Kier molecular flexibility index (Phi) is 4.03. The first-order chi connectivity index (χ1) is 9.08. The number of hydrogen-bond acceptors (Lipinski definition) is 5. The molecule has 0 spiro atoms. The highest BCUT2D eigenvalue weighted by Crippen LogP contribution is 2.25. The number of benzene rings is 1. The van der Waals surface area contributed by atoms with Crippen LogP contribution in [0, 0.1) is 15.9 Å². The van der Waals surface area contributed by atoms with E-state index in [0.717, 1.165) is 18.2 Å². The Bertz CT molecular complexity index is 503. The van der Waals surface area contributed by atoms with Gasteiger partial charge in [0.1, 0.15) is 17.5 Å². The summed E-state index contributed by atoms with van der Waals surface area (Å²) in [5.41, 5.74) is -0.520. The highest BCUT2D eigenvalue weighted by Gasteiger charge is 2.24. The van der Waals surface area contributed by atoms with Gasteiger partial charge in [0.15, 0.2) is 0 Å². The molecule has 1 heterocycles. The highest BCUT2D eigenvalue weighted by atomic mass is 19.1. The van der Waals surface area contributed by atoms with Crippen molar-refractivity contribution in [3.8, 4) is 0 Å². The normalized spacial score (nSPS) is 18.9. The van der Waals surface area contributed by atoms with Gasteiger partial charge in [-0.3, -0.25) is 14.9 Å². The zero-order valence-electron chi connectivity index (χ0n) is 9.89. The number of carbonyl (C=O) groups is 1. The van der Waals surface area contributed by atoms with Crippen LogP contribution in [0.3, 0.4) is 0 Å². The van der Waals surface area contributed by atoms with Crippen LogP contribution >= 0.6 is 0 Å². The van der Waals surface area contributed by atoms with Gasteiger partial charge in [-0.05, 0) is 12.1 Å². The summed E-state index contributed by atoms with van der Waals surface area (Å²) in [6, 6.07) is 2.40. The molecule has 7 nitrogen and oxygen atoms in total. The molecule has 1 aromatic rings. The second-order valence-electron chi connectivity index (χ2n) is 3.99. The van der Waals surface area contributed by atoms with E-state index in [0.29, 0.717) is 13.2 Å². The number of anilines is 1. The fourth-order valence-corrected chi connectivity index (χ4v) is 1.72. The van der Waals surface area contributed by atoms with Gasteiger partial charge in [-0.2, -0.15) is 0 Å². The lowest BCUT2D eigenvalue weighted by Crippen LogP contribution is -2.48. The minimum atomic E-state index is -0.747. The van der Waals surface area contributed by atoms with Crippen LogP contribution in [0.1, 0.15) is 0 Å². The van der Waals surface area contributed by atoms with E-state index in [4.69, 9.17) is 4.74 Å². The molecule has 1 aliphatic heterocycles. The smallest absolute Gasteiger partial charge is 0.295 e. The number of nitro benzene ring substituents is 1. The SMILES string of the molecule is O=C(Nc1ccc(F)cc1[N+](=O)[O-])C1COCCN1. The van der Waals surface area contributed by atoms with E-state index in [1.807, 2.05) is 0 Å². The van der Waals surface area contributed by atoms with Gasteiger partial charge in [-0.1, -0.05) is 0 Å². The Morgan fingerprint density at radius 3 is 3.00 bits per heavy atom. The third-order valence-corrected chi connectivity index (χ3v) is 2.65. The first-order valence-electron chi connectivity index (χ1n) is 5.64. The maximum Gasteiger partial charge on any atom is 0.295 e. The van der Waals surface area contributed by atoms with E-state index in [9.17, 15) is 19.3 Å². The lowest BCUT2D eigenvalue weighted by Gasteiger charge is -2.22. The summed E-state index contributed by atoms with van der Waals surface area (Å²) in [7, 11) is 0. The van der Waals surface area contributed by atoms with E-state index in [1.165, 1.54) is 0 Å². The lowest BCUT2D eigenvalue weighted by atomic mass is 10.2. The minimum absolute atomic E-state index is 0.0382. The highest BCUT2D eigenvalue weighted by molar-refractivity contribution is 5.96. The molecule has 0 radical (unpaired) electrons. The maximum absolute atomic E-state index is 13.0. The van der Waals surface area contributed by atoms with Crippen molar-refractivity contribution in [2.24, 2.45) is 0 Å². The molecule has 8 heteroatoms. The van der Waals surface area contributed by atoms with Crippen LogP contribution in [-0.4, -0.2) is 36.6 Å². The van der Waals surface area contributed by atoms with Gasteiger partial charge >= 0.3 is 0 Å². The topological polar surface area (TPSA) is 93.5 Å². The van der Waals surface area contributed by atoms with E-state index < -0.39 is 28.4 Å².